The third-order valence-electron chi connectivity index (χ3n) is 6.30. The highest BCUT2D eigenvalue weighted by Gasteiger charge is 2.48. The number of carbonyl (C=O) groups excluding carboxylic acids is 2. The molecule has 1 saturated heterocycles. The second-order valence-electron chi connectivity index (χ2n) is 8.28. The van der Waals surface area contributed by atoms with Crippen LogP contribution in [0.1, 0.15) is 22.7 Å². The summed E-state index contributed by atoms with van der Waals surface area (Å²) in [5, 5.41) is 11.4. The Labute approximate surface area is 212 Å². The van der Waals surface area contributed by atoms with E-state index in [9.17, 15) is 14.7 Å². The first-order valence-corrected chi connectivity index (χ1v) is 11.3. The summed E-state index contributed by atoms with van der Waals surface area (Å²) in [6.07, 6.45) is 3.20. The van der Waals surface area contributed by atoms with Crippen molar-refractivity contribution in [1.29, 1.82) is 0 Å². The number of ether oxygens (including phenoxy) is 5. The summed E-state index contributed by atoms with van der Waals surface area (Å²) in [5.41, 5.74) is 1.35. The largest absolute Gasteiger partial charge is 0.507 e. The van der Waals surface area contributed by atoms with E-state index in [1.165, 1.54) is 26.2 Å². The first-order chi connectivity index (χ1) is 18.0. The van der Waals surface area contributed by atoms with Crippen molar-refractivity contribution in [2.24, 2.45) is 0 Å². The fourth-order valence-corrected chi connectivity index (χ4v) is 4.58. The van der Waals surface area contributed by atoms with Crippen molar-refractivity contribution in [3.63, 3.8) is 0 Å². The minimum absolute atomic E-state index is 0.0491. The molecule has 190 valence electrons. The van der Waals surface area contributed by atoms with Crippen LogP contribution < -0.4 is 23.7 Å². The molecular formula is C27H24N2O8. The molecule has 1 amide bonds. The number of fused-ring (bicyclic) bond motifs is 1. The maximum atomic E-state index is 13.5. The molecule has 10 heteroatoms. The average molecular weight is 504 g/mol. The Morgan fingerprint density at radius 1 is 1.03 bits per heavy atom. The van der Waals surface area contributed by atoms with Crippen LogP contribution in [0.2, 0.25) is 0 Å². The van der Waals surface area contributed by atoms with E-state index >= 15 is 0 Å². The molecule has 0 saturated carbocycles. The van der Waals surface area contributed by atoms with E-state index in [4.69, 9.17) is 23.7 Å². The molecule has 1 atom stereocenters. The third kappa shape index (κ3) is 4.06. The number of Topliss-reactive ketones (excluding diaryl/α,β-unsaturated/α-hetero) is 1. The fourth-order valence-electron chi connectivity index (χ4n) is 4.58. The molecule has 37 heavy (non-hydrogen) atoms. The standard InChI is InChI=1S/C27H24N2O8/c1-33-17-6-4-5-16(11-17)22(30)20-21(29(27(32)23(20)31)13-15-7-9-28-10-8-15)18-12-19(34-2)25-26(24(18)35-3)37-14-36-25/h4-12,21,30H,13-14H2,1-3H3/b22-20+. The number of amides is 1. The van der Waals surface area contributed by atoms with E-state index in [1.54, 1.807) is 54.9 Å². The Balaban J connectivity index is 1.76. The summed E-state index contributed by atoms with van der Waals surface area (Å²) in [6.45, 7) is 0.0269. The Morgan fingerprint density at radius 3 is 2.49 bits per heavy atom. The van der Waals surface area contributed by atoms with Gasteiger partial charge >= 0.3 is 0 Å². The first-order valence-electron chi connectivity index (χ1n) is 11.3. The van der Waals surface area contributed by atoms with Crippen LogP contribution >= 0.6 is 0 Å². The third-order valence-corrected chi connectivity index (χ3v) is 6.30. The number of benzene rings is 2. The van der Waals surface area contributed by atoms with Crippen molar-refractivity contribution in [3.8, 4) is 28.7 Å². The van der Waals surface area contributed by atoms with Gasteiger partial charge in [0.25, 0.3) is 11.7 Å². The van der Waals surface area contributed by atoms with Gasteiger partial charge in [-0.1, -0.05) is 12.1 Å². The summed E-state index contributed by atoms with van der Waals surface area (Å²) >= 11 is 0. The molecule has 10 nitrogen and oxygen atoms in total. The van der Waals surface area contributed by atoms with E-state index in [2.05, 4.69) is 4.98 Å². The first kappa shape index (κ1) is 24.0. The van der Waals surface area contributed by atoms with Gasteiger partial charge in [-0.3, -0.25) is 14.6 Å². The molecule has 1 aromatic heterocycles. The maximum Gasteiger partial charge on any atom is 0.295 e. The van der Waals surface area contributed by atoms with Gasteiger partial charge in [-0.15, -0.1) is 0 Å². The summed E-state index contributed by atoms with van der Waals surface area (Å²) in [4.78, 5) is 32.3. The molecule has 0 bridgehead atoms. The summed E-state index contributed by atoms with van der Waals surface area (Å²) in [6, 6.07) is 10.7. The minimum Gasteiger partial charge on any atom is -0.507 e. The van der Waals surface area contributed by atoms with E-state index in [0.717, 1.165) is 5.56 Å². The average Bonchev–Trinajstić information content (AvgIpc) is 3.52. The molecule has 2 aromatic carbocycles. The molecule has 0 spiro atoms. The Hall–Kier alpha value is -4.73. The van der Waals surface area contributed by atoms with Gasteiger partial charge in [0, 0.05) is 30.1 Å². The molecule has 0 radical (unpaired) electrons. The van der Waals surface area contributed by atoms with Crippen LogP contribution in [-0.2, 0) is 16.1 Å². The second kappa shape index (κ2) is 9.73. The van der Waals surface area contributed by atoms with Crippen LogP contribution in [0.25, 0.3) is 5.76 Å². The lowest BCUT2D eigenvalue weighted by Gasteiger charge is -2.27. The lowest BCUT2D eigenvalue weighted by molar-refractivity contribution is -0.140. The number of rotatable bonds is 7. The second-order valence-corrected chi connectivity index (χ2v) is 8.28. The topological polar surface area (TPSA) is 117 Å². The molecule has 1 N–H and O–H groups in total. The number of hydrogen-bond donors (Lipinski definition) is 1. The summed E-state index contributed by atoms with van der Waals surface area (Å²) in [5.74, 6) is -0.250. The number of aromatic nitrogens is 1. The van der Waals surface area contributed by atoms with E-state index in [0.29, 0.717) is 28.4 Å². The number of likely N-dealkylation sites (tertiary alicyclic amines) is 1. The number of ketones is 1. The molecule has 1 unspecified atom stereocenters. The highest BCUT2D eigenvalue weighted by molar-refractivity contribution is 6.46. The van der Waals surface area contributed by atoms with Gasteiger partial charge in [-0.2, -0.15) is 0 Å². The number of methoxy groups -OCH3 is 3. The molecule has 5 rings (SSSR count). The number of hydrogen-bond acceptors (Lipinski definition) is 9. The number of aliphatic hydroxyl groups excluding tert-OH is 1. The maximum absolute atomic E-state index is 13.5. The van der Waals surface area contributed by atoms with E-state index < -0.39 is 17.7 Å². The molecule has 1 fully saturated rings. The van der Waals surface area contributed by atoms with Gasteiger partial charge in [0.2, 0.25) is 18.3 Å². The zero-order valence-electron chi connectivity index (χ0n) is 20.4. The number of carbonyl (C=O) groups is 2. The van der Waals surface area contributed by atoms with E-state index in [-0.39, 0.29) is 36.2 Å². The quantitative estimate of drug-likeness (QED) is 0.293. The summed E-state index contributed by atoms with van der Waals surface area (Å²) < 4.78 is 27.7. The van der Waals surface area contributed by atoms with Gasteiger partial charge in [0.15, 0.2) is 11.5 Å². The number of pyridine rings is 1. The van der Waals surface area contributed by atoms with Crippen molar-refractivity contribution in [2.45, 2.75) is 12.6 Å². The van der Waals surface area contributed by atoms with Gasteiger partial charge in [0.1, 0.15) is 11.5 Å². The van der Waals surface area contributed by atoms with Crippen LogP contribution in [0, 0.1) is 0 Å². The number of nitrogens with zero attached hydrogens (tertiary/aromatic N) is 2. The summed E-state index contributed by atoms with van der Waals surface area (Å²) in [7, 11) is 4.42. The van der Waals surface area contributed by atoms with E-state index in [1.807, 2.05) is 0 Å². The van der Waals surface area contributed by atoms with Gasteiger partial charge in [-0.25, -0.2) is 0 Å². The zero-order valence-corrected chi connectivity index (χ0v) is 20.4. The number of aliphatic hydroxyl groups is 1. The van der Waals surface area contributed by atoms with Gasteiger partial charge in [-0.05, 0) is 35.9 Å². The molecule has 3 aromatic rings. The van der Waals surface area contributed by atoms with Crippen LogP contribution in [-0.4, -0.2) is 54.8 Å². The van der Waals surface area contributed by atoms with Crippen molar-refractivity contribution < 1.29 is 38.4 Å². The smallest absolute Gasteiger partial charge is 0.295 e. The molecule has 0 aliphatic carbocycles. The fraction of sp³-hybridized carbons (Fsp3) is 0.222. The highest BCUT2D eigenvalue weighted by Crippen LogP contribution is 2.54. The highest BCUT2D eigenvalue weighted by atomic mass is 16.7. The normalized spacial score (nSPS) is 17.7. The van der Waals surface area contributed by atoms with Crippen molar-refractivity contribution in [2.75, 3.05) is 28.1 Å². The molecular weight excluding hydrogens is 480 g/mol. The van der Waals surface area contributed by atoms with Crippen LogP contribution in [0.15, 0.2) is 60.4 Å². The lowest BCUT2D eigenvalue weighted by Crippen LogP contribution is -2.29. The van der Waals surface area contributed by atoms with Crippen molar-refractivity contribution >= 4 is 17.4 Å². The monoisotopic (exact) mass is 504 g/mol. The Morgan fingerprint density at radius 2 is 1.78 bits per heavy atom. The van der Waals surface area contributed by atoms with Crippen molar-refractivity contribution in [1.82, 2.24) is 9.88 Å². The zero-order chi connectivity index (χ0) is 26.1. The van der Waals surface area contributed by atoms with Crippen LogP contribution in [0.4, 0.5) is 0 Å². The minimum atomic E-state index is -1.03. The molecule has 2 aliphatic rings. The van der Waals surface area contributed by atoms with Crippen LogP contribution in [0.5, 0.6) is 28.7 Å². The predicted molar refractivity (Wildman–Crippen MR) is 131 cm³/mol. The van der Waals surface area contributed by atoms with Crippen LogP contribution in [0.3, 0.4) is 0 Å². The van der Waals surface area contributed by atoms with Crippen molar-refractivity contribution in [3.05, 3.63) is 77.1 Å². The molecule has 3 heterocycles. The Bertz CT molecular complexity index is 1400. The molecule has 2 aliphatic heterocycles. The van der Waals surface area contributed by atoms with Gasteiger partial charge < -0.3 is 33.7 Å². The van der Waals surface area contributed by atoms with Gasteiger partial charge in [0.05, 0.1) is 32.9 Å². The predicted octanol–water partition coefficient (Wildman–Crippen LogP) is 3.46. The lowest BCUT2D eigenvalue weighted by atomic mass is 9.93. The Kier molecular flexibility index (Phi) is 6.31. The SMILES string of the molecule is COc1cccc(/C(O)=C2\C(=O)C(=O)N(Cc3ccncc3)C2c2cc(OC)c3c(c2OC)OCO3)c1.